The molecule has 5 rings (SSSR count). The molecule has 11 heteroatoms. The molecule has 2 aliphatic rings. The lowest BCUT2D eigenvalue weighted by molar-refractivity contribution is 0.111. The SMILES string of the molecule is CCOc1cc2c(cc1OC)C(c1cnc(OC)cc1OC)=N[C@@H]1CC[C@@H](O)C[C@H]21.Cc1ccc(S(=O)(=O)O)cc1. The van der Waals surface area contributed by atoms with Crippen molar-refractivity contribution in [2.24, 2.45) is 4.99 Å². The molecule has 220 valence electrons. The first-order chi connectivity index (χ1) is 19.6. The van der Waals surface area contributed by atoms with E-state index in [9.17, 15) is 13.5 Å². The molecule has 0 spiro atoms. The van der Waals surface area contributed by atoms with Crippen molar-refractivity contribution >= 4 is 15.8 Å². The number of rotatable bonds is 7. The van der Waals surface area contributed by atoms with Crippen LogP contribution in [-0.2, 0) is 10.1 Å². The van der Waals surface area contributed by atoms with Crippen molar-refractivity contribution in [3.05, 3.63) is 70.9 Å². The Kier molecular flexibility index (Phi) is 9.52. The second kappa shape index (κ2) is 12.9. The molecule has 0 amide bonds. The summed E-state index contributed by atoms with van der Waals surface area (Å²) in [5, 5.41) is 10.3. The van der Waals surface area contributed by atoms with Gasteiger partial charge in [0.15, 0.2) is 11.5 Å². The van der Waals surface area contributed by atoms with E-state index in [1.807, 2.05) is 26.0 Å². The highest BCUT2D eigenvalue weighted by Crippen LogP contribution is 2.45. The van der Waals surface area contributed by atoms with Gasteiger partial charge in [-0.25, -0.2) is 4.98 Å². The number of aliphatic hydroxyl groups is 1. The lowest BCUT2D eigenvalue weighted by Crippen LogP contribution is -2.34. The Morgan fingerprint density at radius 1 is 0.927 bits per heavy atom. The van der Waals surface area contributed by atoms with Gasteiger partial charge in [-0.2, -0.15) is 8.42 Å². The summed E-state index contributed by atoms with van der Waals surface area (Å²) in [4.78, 5) is 9.43. The van der Waals surface area contributed by atoms with E-state index >= 15 is 0 Å². The molecule has 0 saturated heterocycles. The molecule has 10 nitrogen and oxygen atoms in total. The summed E-state index contributed by atoms with van der Waals surface area (Å²) >= 11 is 0. The maximum atomic E-state index is 10.5. The number of ether oxygens (including phenoxy) is 4. The van der Waals surface area contributed by atoms with Gasteiger partial charge < -0.3 is 24.1 Å². The van der Waals surface area contributed by atoms with Crippen LogP contribution in [0, 0.1) is 6.92 Å². The predicted octanol–water partition coefficient (Wildman–Crippen LogP) is 4.60. The topological polar surface area (TPSA) is 137 Å². The van der Waals surface area contributed by atoms with E-state index in [1.54, 1.807) is 45.7 Å². The van der Waals surface area contributed by atoms with Crippen molar-refractivity contribution in [1.82, 2.24) is 4.98 Å². The highest BCUT2D eigenvalue weighted by molar-refractivity contribution is 7.85. The number of aryl methyl sites for hydroxylation is 1. The summed E-state index contributed by atoms with van der Waals surface area (Å²) in [5.41, 5.74) is 4.64. The van der Waals surface area contributed by atoms with E-state index < -0.39 is 10.1 Å². The summed E-state index contributed by atoms with van der Waals surface area (Å²) in [6, 6.07) is 11.9. The van der Waals surface area contributed by atoms with Crippen molar-refractivity contribution in [3.63, 3.8) is 0 Å². The Bertz CT molecular complexity index is 1510. The molecular formula is C30H36N2O8S. The number of hydrogen-bond acceptors (Lipinski definition) is 9. The molecule has 3 aromatic rings. The maximum Gasteiger partial charge on any atom is 0.294 e. The molecule has 3 atom stereocenters. The minimum atomic E-state index is -4.02. The van der Waals surface area contributed by atoms with Crippen molar-refractivity contribution in [3.8, 4) is 23.1 Å². The third-order valence-corrected chi connectivity index (χ3v) is 8.08. The van der Waals surface area contributed by atoms with Gasteiger partial charge in [0.2, 0.25) is 5.88 Å². The number of pyridine rings is 1. The van der Waals surface area contributed by atoms with Crippen LogP contribution in [0.5, 0.6) is 23.1 Å². The van der Waals surface area contributed by atoms with Gasteiger partial charge in [0.1, 0.15) is 5.75 Å². The van der Waals surface area contributed by atoms with E-state index in [0.717, 1.165) is 40.8 Å². The molecule has 1 aromatic heterocycles. The number of aliphatic hydroxyl groups excluding tert-OH is 1. The molecule has 0 unspecified atom stereocenters. The highest BCUT2D eigenvalue weighted by Gasteiger charge is 2.38. The van der Waals surface area contributed by atoms with Gasteiger partial charge in [0.05, 0.1) is 56.3 Å². The summed E-state index contributed by atoms with van der Waals surface area (Å²) in [6.45, 7) is 4.34. The van der Waals surface area contributed by atoms with Crippen molar-refractivity contribution < 1.29 is 37.0 Å². The first-order valence-corrected chi connectivity index (χ1v) is 14.8. The van der Waals surface area contributed by atoms with Crippen molar-refractivity contribution in [2.45, 2.75) is 56.1 Å². The maximum absolute atomic E-state index is 10.5. The van der Waals surface area contributed by atoms with Crippen LogP contribution < -0.4 is 18.9 Å². The molecule has 1 aliphatic heterocycles. The van der Waals surface area contributed by atoms with E-state index in [-0.39, 0.29) is 23.0 Å². The van der Waals surface area contributed by atoms with E-state index in [2.05, 4.69) is 4.98 Å². The minimum Gasteiger partial charge on any atom is -0.496 e. The van der Waals surface area contributed by atoms with Crippen LogP contribution in [0.15, 0.2) is 58.5 Å². The Labute approximate surface area is 240 Å². The van der Waals surface area contributed by atoms with Crippen LogP contribution in [0.3, 0.4) is 0 Å². The molecule has 2 heterocycles. The van der Waals surface area contributed by atoms with Crippen molar-refractivity contribution in [2.75, 3.05) is 27.9 Å². The minimum absolute atomic E-state index is 0.0666. The summed E-state index contributed by atoms with van der Waals surface area (Å²) in [6.07, 6.45) is 3.69. The molecule has 0 radical (unpaired) electrons. The zero-order valence-electron chi connectivity index (χ0n) is 23.8. The first-order valence-electron chi connectivity index (χ1n) is 13.3. The van der Waals surface area contributed by atoms with Gasteiger partial charge in [0, 0.05) is 23.7 Å². The number of aliphatic imine (C=N–C) groups is 1. The number of nitrogens with zero attached hydrogens (tertiary/aromatic N) is 2. The highest BCUT2D eigenvalue weighted by atomic mass is 32.2. The third-order valence-electron chi connectivity index (χ3n) is 7.22. The van der Waals surface area contributed by atoms with E-state index in [1.165, 1.54) is 12.1 Å². The van der Waals surface area contributed by atoms with E-state index in [0.29, 0.717) is 36.2 Å². The molecule has 1 aliphatic carbocycles. The zero-order valence-corrected chi connectivity index (χ0v) is 24.6. The molecule has 1 fully saturated rings. The summed E-state index contributed by atoms with van der Waals surface area (Å²) in [5.74, 6) is 2.62. The number of hydrogen-bond donors (Lipinski definition) is 2. The fourth-order valence-corrected chi connectivity index (χ4v) is 5.65. The molecular weight excluding hydrogens is 548 g/mol. The number of aromatic nitrogens is 1. The van der Waals surface area contributed by atoms with Gasteiger partial charge in [-0.05, 0) is 62.9 Å². The van der Waals surface area contributed by atoms with Gasteiger partial charge in [-0.15, -0.1) is 0 Å². The summed E-state index contributed by atoms with van der Waals surface area (Å²) < 4.78 is 51.9. The molecule has 0 bridgehead atoms. The fourth-order valence-electron chi connectivity index (χ4n) is 5.17. The average Bonchev–Trinajstić information content (AvgIpc) is 2.96. The monoisotopic (exact) mass is 584 g/mol. The Balaban J connectivity index is 0.000000296. The lowest BCUT2D eigenvalue weighted by Gasteiger charge is -2.37. The molecule has 41 heavy (non-hydrogen) atoms. The molecule has 1 saturated carbocycles. The van der Waals surface area contributed by atoms with Crippen LogP contribution in [0.4, 0.5) is 0 Å². The standard InChI is InChI=1S/C23H28N2O5.C7H8O3S/c1-5-30-21-9-14-15-8-13(26)6-7-18(15)25-23(16(14)10-20(21)28-3)17-12-24-22(29-4)11-19(17)27-2;1-6-2-4-7(5-3-6)11(8,9)10/h9-13,15,18,26H,5-8H2,1-4H3;2-5H,1H3,(H,8,9,10)/t13-,15-,18-;/m1./s1. The number of fused-ring (bicyclic) bond motifs is 3. The van der Waals surface area contributed by atoms with E-state index in [4.69, 9.17) is 28.5 Å². The predicted molar refractivity (Wildman–Crippen MR) is 155 cm³/mol. The third kappa shape index (κ3) is 6.80. The second-order valence-corrected chi connectivity index (χ2v) is 11.3. The van der Waals surface area contributed by atoms with Gasteiger partial charge >= 0.3 is 0 Å². The first kappa shape index (κ1) is 30.3. The molecule has 2 aromatic carbocycles. The van der Waals surface area contributed by atoms with Crippen molar-refractivity contribution in [1.29, 1.82) is 0 Å². The van der Waals surface area contributed by atoms with Gasteiger partial charge in [-0.3, -0.25) is 9.55 Å². The smallest absolute Gasteiger partial charge is 0.294 e. The Morgan fingerprint density at radius 2 is 1.63 bits per heavy atom. The second-order valence-electron chi connectivity index (χ2n) is 9.86. The van der Waals surface area contributed by atoms with Crippen LogP contribution in [-0.4, -0.2) is 68.9 Å². The number of methoxy groups -OCH3 is 3. The molecule has 2 N–H and O–H groups in total. The summed E-state index contributed by atoms with van der Waals surface area (Å²) in [7, 11) is 0.814. The van der Waals surface area contributed by atoms with Gasteiger partial charge in [-0.1, -0.05) is 17.7 Å². The van der Waals surface area contributed by atoms with Gasteiger partial charge in [0.25, 0.3) is 10.1 Å². The van der Waals surface area contributed by atoms with Crippen LogP contribution in [0.2, 0.25) is 0 Å². The quantitative estimate of drug-likeness (QED) is 0.382. The van der Waals surface area contributed by atoms with Crippen LogP contribution in [0.1, 0.15) is 54.4 Å². The zero-order chi connectivity index (χ0) is 29.7. The average molecular weight is 585 g/mol. The Hall–Kier alpha value is -3.67. The largest absolute Gasteiger partial charge is 0.496 e. The van der Waals surface area contributed by atoms with Crippen LogP contribution in [0.25, 0.3) is 0 Å². The Morgan fingerprint density at radius 3 is 2.24 bits per heavy atom. The van der Waals surface area contributed by atoms with Crippen LogP contribution >= 0.6 is 0 Å². The fraction of sp³-hybridized carbons (Fsp3) is 0.400. The lowest BCUT2D eigenvalue weighted by atomic mass is 9.74. The normalized spacial score (nSPS) is 19.5. The number of benzene rings is 2.